The Kier molecular flexibility index (Phi) is 5.05. The molecule has 0 radical (unpaired) electrons. The van der Waals surface area contributed by atoms with Crippen molar-refractivity contribution in [3.63, 3.8) is 0 Å². The van der Waals surface area contributed by atoms with Gasteiger partial charge in [0.05, 0.1) is 0 Å². The molecule has 0 spiro atoms. The van der Waals surface area contributed by atoms with Gasteiger partial charge in [-0.05, 0) is 72.3 Å². The van der Waals surface area contributed by atoms with Crippen molar-refractivity contribution in [3.05, 3.63) is 63.2 Å². The van der Waals surface area contributed by atoms with Crippen molar-refractivity contribution in [1.82, 2.24) is 0 Å². The summed E-state index contributed by atoms with van der Waals surface area (Å²) in [4.78, 5) is 0. The first kappa shape index (κ1) is 15.3. The zero-order valence-corrected chi connectivity index (χ0v) is 14.1. The average Bonchev–Trinajstić information content (AvgIpc) is 2.43. The number of hydrogen-bond donors (Lipinski definition) is 1. The molecule has 2 aromatic carbocycles. The van der Waals surface area contributed by atoms with Crippen molar-refractivity contribution in [1.29, 1.82) is 0 Å². The van der Waals surface area contributed by atoms with Crippen LogP contribution in [0.5, 0.6) is 5.75 Å². The lowest BCUT2D eigenvalue weighted by molar-refractivity contribution is 0.0788. The van der Waals surface area contributed by atoms with Gasteiger partial charge >= 0.3 is 0 Å². The Balaban J connectivity index is 2.34. The normalized spacial score (nSPS) is 13.8. The highest BCUT2D eigenvalue weighted by Crippen LogP contribution is 2.33. The Morgan fingerprint density at radius 1 is 1.15 bits per heavy atom. The van der Waals surface area contributed by atoms with Gasteiger partial charge in [-0.3, -0.25) is 0 Å². The molecule has 0 amide bonds. The van der Waals surface area contributed by atoms with E-state index in [9.17, 15) is 0 Å². The van der Waals surface area contributed by atoms with Crippen molar-refractivity contribution in [3.8, 4) is 5.75 Å². The van der Waals surface area contributed by atoms with Crippen molar-refractivity contribution < 1.29 is 4.74 Å². The van der Waals surface area contributed by atoms with E-state index in [1.807, 2.05) is 24.3 Å². The Labute approximate surface area is 134 Å². The van der Waals surface area contributed by atoms with Gasteiger partial charge in [0.1, 0.15) is 11.4 Å². The van der Waals surface area contributed by atoms with E-state index in [0.717, 1.165) is 23.3 Å². The first-order chi connectivity index (χ1) is 9.55. The van der Waals surface area contributed by atoms with Crippen molar-refractivity contribution >= 4 is 22.6 Å². The van der Waals surface area contributed by atoms with Crippen LogP contribution in [0.2, 0.25) is 0 Å². The fourth-order valence-corrected chi connectivity index (χ4v) is 2.94. The number of nitrogens with two attached hydrogens (primary N) is 1. The molecule has 106 valence electrons. The van der Waals surface area contributed by atoms with E-state index in [-0.39, 0.29) is 0 Å². The summed E-state index contributed by atoms with van der Waals surface area (Å²) >= 11 is 2.31. The number of rotatable bonds is 5. The largest absolute Gasteiger partial charge is 0.483 e. The number of hydrogen-bond acceptors (Lipinski definition) is 2. The highest BCUT2D eigenvalue weighted by Gasteiger charge is 2.28. The maximum Gasteiger partial charge on any atom is 0.132 e. The van der Waals surface area contributed by atoms with E-state index < -0.39 is 5.60 Å². The summed E-state index contributed by atoms with van der Waals surface area (Å²) in [6.07, 6.45) is 0.780. The van der Waals surface area contributed by atoms with Crippen molar-refractivity contribution in [2.24, 2.45) is 5.73 Å². The summed E-state index contributed by atoms with van der Waals surface area (Å²) in [6, 6.07) is 16.5. The molecule has 3 heteroatoms. The van der Waals surface area contributed by atoms with E-state index in [4.69, 9.17) is 10.5 Å². The smallest absolute Gasteiger partial charge is 0.132 e. The van der Waals surface area contributed by atoms with Gasteiger partial charge in [0.25, 0.3) is 0 Å². The molecule has 0 saturated carbocycles. The molecule has 1 atom stereocenters. The van der Waals surface area contributed by atoms with Crippen molar-refractivity contribution in [2.75, 3.05) is 6.54 Å². The van der Waals surface area contributed by atoms with Gasteiger partial charge in [-0.1, -0.05) is 30.3 Å². The van der Waals surface area contributed by atoms with Crippen LogP contribution in [0.1, 0.15) is 24.5 Å². The molecule has 0 heterocycles. The summed E-state index contributed by atoms with van der Waals surface area (Å²) in [6.45, 7) is 4.77. The quantitative estimate of drug-likeness (QED) is 0.787. The van der Waals surface area contributed by atoms with Crippen molar-refractivity contribution in [2.45, 2.75) is 25.9 Å². The van der Waals surface area contributed by atoms with Gasteiger partial charge in [-0.15, -0.1) is 0 Å². The van der Waals surface area contributed by atoms with E-state index in [0.29, 0.717) is 6.54 Å². The molecule has 0 aliphatic heterocycles. The van der Waals surface area contributed by atoms with Gasteiger partial charge in [-0.25, -0.2) is 0 Å². The minimum Gasteiger partial charge on any atom is -0.483 e. The van der Waals surface area contributed by atoms with Crippen LogP contribution in [-0.4, -0.2) is 6.54 Å². The molecular formula is C17H20INO. The molecule has 0 fully saturated rings. The van der Waals surface area contributed by atoms with E-state index in [2.05, 4.69) is 60.7 Å². The maximum atomic E-state index is 6.33. The second-order valence-corrected chi connectivity index (χ2v) is 6.39. The molecule has 0 bridgehead atoms. The standard InChI is InChI=1S/C17H20INO/c1-13-12-15(18)8-9-16(13)20-17(2,10-11-19)14-6-4-3-5-7-14/h3-9,12H,10-11,19H2,1-2H3. The summed E-state index contributed by atoms with van der Waals surface area (Å²) < 4.78 is 7.55. The lowest BCUT2D eigenvalue weighted by Crippen LogP contribution is -2.32. The molecule has 0 aliphatic rings. The third kappa shape index (κ3) is 3.52. The van der Waals surface area contributed by atoms with Crippen LogP contribution < -0.4 is 10.5 Å². The van der Waals surface area contributed by atoms with Crippen LogP contribution in [0.25, 0.3) is 0 Å². The van der Waals surface area contributed by atoms with Gasteiger partial charge in [0.15, 0.2) is 0 Å². The Morgan fingerprint density at radius 2 is 1.85 bits per heavy atom. The molecule has 0 aromatic heterocycles. The monoisotopic (exact) mass is 381 g/mol. The molecular weight excluding hydrogens is 361 g/mol. The number of halogens is 1. The number of ether oxygens (including phenoxy) is 1. The molecule has 2 N–H and O–H groups in total. The zero-order chi connectivity index (χ0) is 14.6. The number of aryl methyl sites for hydroxylation is 1. The number of benzene rings is 2. The maximum absolute atomic E-state index is 6.33. The van der Waals surface area contributed by atoms with Crippen LogP contribution in [-0.2, 0) is 5.60 Å². The van der Waals surface area contributed by atoms with E-state index in [1.165, 1.54) is 3.57 Å². The Bertz CT molecular complexity index is 570. The van der Waals surface area contributed by atoms with E-state index in [1.54, 1.807) is 0 Å². The second-order valence-electron chi connectivity index (χ2n) is 5.15. The molecule has 0 saturated heterocycles. The Hall–Kier alpha value is -1.07. The van der Waals surface area contributed by atoms with Crippen LogP contribution in [0.3, 0.4) is 0 Å². The first-order valence-electron chi connectivity index (χ1n) is 6.76. The fourth-order valence-electron chi connectivity index (χ4n) is 2.29. The van der Waals surface area contributed by atoms with Gasteiger partial charge < -0.3 is 10.5 Å². The topological polar surface area (TPSA) is 35.2 Å². The fraction of sp³-hybridized carbons (Fsp3) is 0.294. The van der Waals surface area contributed by atoms with Crippen LogP contribution >= 0.6 is 22.6 Å². The SMILES string of the molecule is Cc1cc(I)ccc1OC(C)(CCN)c1ccccc1. The highest BCUT2D eigenvalue weighted by molar-refractivity contribution is 14.1. The second kappa shape index (κ2) is 6.59. The Morgan fingerprint density at radius 3 is 2.45 bits per heavy atom. The van der Waals surface area contributed by atoms with Gasteiger partial charge in [-0.2, -0.15) is 0 Å². The highest BCUT2D eigenvalue weighted by atomic mass is 127. The third-order valence-electron chi connectivity index (χ3n) is 3.48. The lowest BCUT2D eigenvalue weighted by atomic mass is 9.92. The first-order valence-corrected chi connectivity index (χ1v) is 7.84. The van der Waals surface area contributed by atoms with E-state index >= 15 is 0 Å². The third-order valence-corrected chi connectivity index (χ3v) is 4.15. The predicted octanol–water partition coefficient (Wildman–Crippen LogP) is 4.24. The lowest BCUT2D eigenvalue weighted by Gasteiger charge is -2.32. The van der Waals surface area contributed by atoms with Crippen LogP contribution in [0.4, 0.5) is 0 Å². The summed E-state index contributed by atoms with van der Waals surface area (Å²) in [5.74, 6) is 0.921. The summed E-state index contributed by atoms with van der Waals surface area (Å²) in [5.41, 5.74) is 7.70. The zero-order valence-electron chi connectivity index (χ0n) is 11.9. The molecule has 1 unspecified atom stereocenters. The average molecular weight is 381 g/mol. The minimum absolute atomic E-state index is 0.395. The minimum atomic E-state index is -0.395. The predicted molar refractivity (Wildman–Crippen MR) is 92.0 cm³/mol. The van der Waals surface area contributed by atoms with Crippen LogP contribution in [0, 0.1) is 10.5 Å². The molecule has 20 heavy (non-hydrogen) atoms. The summed E-state index contributed by atoms with van der Waals surface area (Å²) in [7, 11) is 0. The van der Waals surface area contributed by atoms with Crippen LogP contribution in [0.15, 0.2) is 48.5 Å². The molecule has 0 aliphatic carbocycles. The van der Waals surface area contributed by atoms with Gasteiger partial charge in [0, 0.05) is 9.99 Å². The molecule has 2 rings (SSSR count). The molecule has 2 nitrogen and oxygen atoms in total. The summed E-state index contributed by atoms with van der Waals surface area (Å²) in [5, 5.41) is 0. The van der Waals surface area contributed by atoms with Gasteiger partial charge in [0.2, 0.25) is 0 Å². The molecule has 2 aromatic rings.